The molecule has 6 heteroatoms. The van der Waals surface area contributed by atoms with Crippen molar-refractivity contribution in [2.75, 3.05) is 16.4 Å². The van der Waals surface area contributed by atoms with Gasteiger partial charge in [-0.3, -0.25) is 4.79 Å². The molecule has 3 aromatic rings. The Morgan fingerprint density at radius 1 is 1.04 bits per heavy atom. The van der Waals surface area contributed by atoms with E-state index in [0.29, 0.717) is 17.3 Å². The SMILES string of the molecule is CC(=O)Nc1cccc(Nc2nc3cc(C)ccc3nc2N)c1. The molecule has 23 heavy (non-hydrogen) atoms. The fourth-order valence-electron chi connectivity index (χ4n) is 2.28. The maximum Gasteiger partial charge on any atom is 0.221 e. The maximum absolute atomic E-state index is 11.1. The number of nitrogens with one attached hydrogen (secondary N) is 2. The molecule has 0 atom stereocenters. The number of anilines is 4. The van der Waals surface area contributed by atoms with Crippen molar-refractivity contribution in [3.05, 3.63) is 48.0 Å². The summed E-state index contributed by atoms with van der Waals surface area (Å²) in [7, 11) is 0. The zero-order valence-corrected chi connectivity index (χ0v) is 12.9. The minimum Gasteiger partial charge on any atom is -0.381 e. The number of nitrogens with two attached hydrogens (primary N) is 1. The quantitative estimate of drug-likeness (QED) is 0.691. The molecule has 6 nitrogen and oxygen atoms in total. The van der Waals surface area contributed by atoms with Gasteiger partial charge in [-0.25, -0.2) is 9.97 Å². The molecule has 1 aromatic heterocycles. The minimum absolute atomic E-state index is 0.123. The minimum atomic E-state index is -0.123. The molecule has 0 unspecified atom stereocenters. The van der Waals surface area contributed by atoms with E-state index >= 15 is 0 Å². The van der Waals surface area contributed by atoms with Crippen LogP contribution in [-0.2, 0) is 4.79 Å². The molecule has 0 fully saturated rings. The Hall–Kier alpha value is -3.15. The van der Waals surface area contributed by atoms with Crippen LogP contribution in [0.3, 0.4) is 0 Å². The first-order valence-electron chi connectivity index (χ1n) is 7.20. The van der Waals surface area contributed by atoms with Crippen LogP contribution in [0.4, 0.5) is 23.0 Å². The highest BCUT2D eigenvalue weighted by molar-refractivity contribution is 5.89. The third kappa shape index (κ3) is 3.37. The van der Waals surface area contributed by atoms with E-state index in [2.05, 4.69) is 20.6 Å². The smallest absolute Gasteiger partial charge is 0.221 e. The number of nitrogen functional groups attached to an aromatic ring is 1. The van der Waals surface area contributed by atoms with E-state index in [-0.39, 0.29) is 5.91 Å². The van der Waals surface area contributed by atoms with Gasteiger partial charge in [0.25, 0.3) is 0 Å². The van der Waals surface area contributed by atoms with Gasteiger partial charge in [-0.2, -0.15) is 0 Å². The Balaban J connectivity index is 1.94. The summed E-state index contributed by atoms with van der Waals surface area (Å²) < 4.78 is 0. The second-order valence-electron chi connectivity index (χ2n) is 5.34. The third-order valence-corrected chi connectivity index (χ3v) is 3.29. The van der Waals surface area contributed by atoms with Crippen molar-refractivity contribution in [2.45, 2.75) is 13.8 Å². The van der Waals surface area contributed by atoms with Crippen molar-refractivity contribution in [2.24, 2.45) is 0 Å². The summed E-state index contributed by atoms with van der Waals surface area (Å²) in [6, 6.07) is 13.2. The molecule has 0 bridgehead atoms. The molecule has 0 aliphatic carbocycles. The van der Waals surface area contributed by atoms with Gasteiger partial charge in [-0.05, 0) is 42.8 Å². The molecule has 0 aliphatic rings. The lowest BCUT2D eigenvalue weighted by atomic mass is 10.2. The lowest BCUT2D eigenvalue weighted by molar-refractivity contribution is -0.114. The molecule has 1 amide bonds. The van der Waals surface area contributed by atoms with Crippen molar-refractivity contribution in [1.29, 1.82) is 0 Å². The number of aryl methyl sites for hydroxylation is 1. The summed E-state index contributed by atoms with van der Waals surface area (Å²) in [5.74, 6) is 0.692. The van der Waals surface area contributed by atoms with Crippen LogP contribution >= 0.6 is 0 Å². The van der Waals surface area contributed by atoms with Crippen LogP contribution in [-0.4, -0.2) is 15.9 Å². The fourth-order valence-corrected chi connectivity index (χ4v) is 2.28. The number of hydrogen-bond acceptors (Lipinski definition) is 5. The largest absolute Gasteiger partial charge is 0.381 e. The van der Waals surface area contributed by atoms with E-state index in [1.807, 2.05) is 49.4 Å². The van der Waals surface area contributed by atoms with Crippen LogP contribution in [0.15, 0.2) is 42.5 Å². The molecular weight excluding hydrogens is 290 g/mol. The highest BCUT2D eigenvalue weighted by atomic mass is 16.1. The average Bonchev–Trinajstić information content (AvgIpc) is 2.48. The van der Waals surface area contributed by atoms with Crippen LogP contribution in [0, 0.1) is 6.92 Å². The van der Waals surface area contributed by atoms with Crippen molar-refractivity contribution in [3.63, 3.8) is 0 Å². The number of nitrogens with zero attached hydrogens (tertiary/aromatic N) is 2. The predicted octanol–water partition coefficient (Wildman–Crippen LogP) is 3.22. The predicted molar refractivity (Wildman–Crippen MR) is 92.7 cm³/mol. The number of aromatic nitrogens is 2. The maximum atomic E-state index is 11.1. The highest BCUT2D eigenvalue weighted by Gasteiger charge is 2.07. The van der Waals surface area contributed by atoms with E-state index < -0.39 is 0 Å². The van der Waals surface area contributed by atoms with E-state index in [1.165, 1.54) is 6.92 Å². The van der Waals surface area contributed by atoms with Gasteiger partial charge in [0.1, 0.15) is 0 Å². The van der Waals surface area contributed by atoms with Crippen molar-refractivity contribution in [3.8, 4) is 0 Å². The van der Waals surface area contributed by atoms with Gasteiger partial charge in [0.05, 0.1) is 11.0 Å². The van der Waals surface area contributed by atoms with Crippen LogP contribution in [0.2, 0.25) is 0 Å². The number of hydrogen-bond donors (Lipinski definition) is 3. The molecule has 3 rings (SSSR count). The van der Waals surface area contributed by atoms with E-state index in [9.17, 15) is 4.79 Å². The van der Waals surface area contributed by atoms with E-state index in [1.54, 1.807) is 0 Å². The second-order valence-corrected chi connectivity index (χ2v) is 5.34. The number of benzene rings is 2. The Kier molecular flexibility index (Phi) is 3.80. The van der Waals surface area contributed by atoms with Gasteiger partial charge < -0.3 is 16.4 Å². The number of rotatable bonds is 3. The molecule has 0 saturated heterocycles. The van der Waals surface area contributed by atoms with E-state index in [4.69, 9.17) is 5.73 Å². The van der Waals surface area contributed by atoms with E-state index in [0.717, 1.165) is 22.3 Å². The summed E-state index contributed by atoms with van der Waals surface area (Å²) >= 11 is 0. The second kappa shape index (κ2) is 5.92. The molecule has 116 valence electrons. The Morgan fingerprint density at radius 3 is 2.61 bits per heavy atom. The Bertz CT molecular complexity index is 891. The zero-order chi connectivity index (χ0) is 16.4. The van der Waals surface area contributed by atoms with Crippen LogP contribution in [0.5, 0.6) is 0 Å². The number of fused-ring (bicyclic) bond motifs is 1. The Labute approximate surface area is 133 Å². The summed E-state index contributed by atoms with van der Waals surface area (Å²) in [4.78, 5) is 20.0. The first-order chi connectivity index (χ1) is 11.0. The molecule has 0 radical (unpaired) electrons. The van der Waals surface area contributed by atoms with Crippen molar-refractivity contribution in [1.82, 2.24) is 9.97 Å². The van der Waals surface area contributed by atoms with Gasteiger partial charge in [-0.15, -0.1) is 0 Å². The van der Waals surface area contributed by atoms with Gasteiger partial charge in [0, 0.05) is 18.3 Å². The molecule has 1 heterocycles. The highest BCUT2D eigenvalue weighted by Crippen LogP contribution is 2.24. The topological polar surface area (TPSA) is 92.9 Å². The molecule has 4 N–H and O–H groups in total. The first-order valence-corrected chi connectivity index (χ1v) is 7.20. The molecule has 0 spiro atoms. The number of carbonyl (C=O) groups is 1. The lowest BCUT2D eigenvalue weighted by Crippen LogP contribution is -2.06. The normalized spacial score (nSPS) is 10.5. The Morgan fingerprint density at radius 2 is 1.83 bits per heavy atom. The van der Waals surface area contributed by atoms with Gasteiger partial charge >= 0.3 is 0 Å². The lowest BCUT2D eigenvalue weighted by Gasteiger charge is -2.11. The summed E-state index contributed by atoms with van der Waals surface area (Å²) in [5, 5.41) is 5.88. The van der Waals surface area contributed by atoms with Crippen LogP contribution < -0.4 is 16.4 Å². The average molecular weight is 307 g/mol. The zero-order valence-electron chi connectivity index (χ0n) is 12.9. The van der Waals surface area contributed by atoms with Crippen molar-refractivity contribution >= 4 is 40.0 Å². The summed E-state index contributed by atoms with van der Waals surface area (Å²) in [5.41, 5.74) is 10.1. The monoisotopic (exact) mass is 307 g/mol. The third-order valence-electron chi connectivity index (χ3n) is 3.29. The van der Waals surface area contributed by atoms with Crippen molar-refractivity contribution < 1.29 is 4.79 Å². The van der Waals surface area contributed by atoms with Gasteiger partial charge in [0.15, 0.2) is 11.6 Å². The molecule has 0 saturated carbocycles. The number of amides is 1. The van der Waals surface area contributed by atoms with Gasteiger partial charge in [0.2, 0.25) is 5.91 Å². The summed E-state index contributed by atoms with van der Waals surface area (Å²) in [6.45, 7) is 3.47. The first kappa shape index (κ1) is 14.8. The standard InChI is InChI=1S/C17H17N5O/c1-10-6-7-14-15(8-10)22-17(16(18)21-14)20-13-5-3-4-12(9-13)19-11(2)23/h3-9H,1-2H3,(H2,18,21)(H,19,23)(H,20,22). The molecule has 0 aliphatic heterocycles. The van der Waals surface area contributed by atoms with Crippen LogP contribution in [0.1, 0.15) is 12.5 Å². The molecular formula is C17H17N5O. The van der Waals surface area contributed by atoms with Gasteiger partial charge in [-0.1, -0.05) is 12.1 Å². The summed E-state index contributed by atoms with van der Waals surface area (Å²) in [6.07, 6.45) is 0. The fraction of sp³-hybridized carbons (Fsp3) is 0.118. The number of carbonyl (C=O) groups excluding carboxylic acids is 1. The van der Waals surface area contributed by atoms with Crippen LogP contribution in [0.25, 0.3) is 11.0 Å². The molecule has 2 aromatic carbocycles.